The molecule has 140 valence electrons. The van der Waals surface area contributed by atoms with Gasteiger partial charge >= 0.3 is 0 Å². The van der Waals surface area contributed by atoms with Gasteiger partial charge in [-0.25, -0.2) is 13.1 Å². The Labute approximate surface area is 150 Å². The quantitative estimate of drug-likeness (QED) is 0.266. The fraction of sp³-hybridized carbons (Fsp3) is 0.462. The lowest BCUT2D eigenvalue weighted by Gasteiger charge is -2.11. The molecule has 2 atom stereocenters. The van der Waals surface area contributed by atoms with Crippen molar-refractivity contribution in [3.8, 4) is 0 Å². The summed E-state index contributed by atoms with van der Waals surface area (Å²) in [4.78, 5) is 21.6. The number of carbonyl (C=O) groups excluding carboxylic acids is 1. The number of aliphatic hydroxyl groups is 1. The Hall–Kier alpha value is -1.79. The Bertz CT molecular complexity index is 712. The molecule has 2 unspecified atom stereocenters. The molecule has 1 aliphatic rings. The first-order chi connectivity index (χ1) is 11.3. The third-order valence-corrected chi connectivity index (χ3v) is 4.98. The topological polar surface area (TPSA) is 151 Å². The predicted octanol–water partition coefficient (Wildman–Crippen LogP) is -0.866. The molecular formula is C13H19ClN4O6S. The summed E-state index contributed by atoms with van der Waals surface area (Å²) in [6.07, 6.45) is -0.234. The molecule has 12 heteroatoms. The van der Waals surface area contributed by atoms with E-state index in [9.17, 15) is 28.4 Å². The standard InChI is InChI=1S/C13H18N4O6S.ClH/c18-10-7-12(15-8-10)13(19)14-5-6-16-24(22,23)11-3-1-9(2-4-11)17(20)21;/h1-4,10,12,15-16,18H,5-8H2,(H,14,19);1H. The summed E-state index contributed by atoms with van der Waals surface area (Å²) in [6.45, 7) is 0.407. The van der Waals surface area contributed by atoms with Gasteiger partial charge in [-0.3, -0.25) is 14.9 Å². The molecule has 0 spiro atoms. The van der Waals surface area contributed by atoms with E-state index in [4.69, 9.17) is 0 Å². The fourth-order valence-electron chi connectivity index (χ4n) is 2.24. The van der Waals surface area contributed by atoms with Crippen LogP contribution in [-0.4, -0.2) is 56.1 Å². The van der Waals surface area contributed by atoms with Crippen molar-refractivity contribution in [2.45, 2.75) is 23.5 Å². The lowest BCUT2D eigenvalue weighted by atomic mass is 10.2. The number of nitrogens with one attached hydrogen (secondary N) is 3. The van der Waals surface area contributed by atoms with Crippen LogP contribution >= 0.6 is 12.4 Å². The maximum absolute atomic E-state index is 12.0. The number of aliphatic hydroxyl groups excluding tert-OH is 1. The molecular weight excluding hydrogens is 376 g/mol. The van der Waals surface area contributed by atoms with E-state index in [1.54, 1.807) is 0 Å². The van der Waals surface area contributed by atoms with E-state index in [0.29, 0.717) is 13.0 Å². The number of hydrogen-bond acceptors (Lipinski definition) is 7. The van der Waals surface area contributed by atoms with Crippen LogP contribution in [-0.2, 0) is 14.8 Å². The third-order valence-electron chi connectivity index (χ3n) is 3.50. The van der Waals surface area contributed by atoms with Crippen molar-refractivity contribution in [1.29, 1.82) is 0 Å². The Morgan fingerprint density at radius 2 is 1.96 bits per heavy atom. The molecule has 1 heterocycles. The number of hydrogen-bond donors (Lipinski definition) is 4. The van der Waals surface area contributed by atoms with Crippen molar-refractivity contribution in [2.24, 2.45) is 0 Å². The second-order valence-corrected chi connectivity index (χ2v) is 7.06. The summed E-state index contributed by atoms with van der Waals surface area (Å²) in [6, 6.07) is 4.01. The lowest BCUT2D eigenvalue weighted by Crippen LogP contribution is -2.43. The van der Waals surface area contributed by atoms with E-state index >= 15 is 0 Å². The number of carbonyl (C=O) groups is 1. The van der Waals surface area contributed by atoms with Gasteiger partial charge in [0.25, 0.3) is 5.69 Å². The Kier molecular flexibility index (Phi) is 7.70. The number of nitrogens with zero attached hydrogens (tertiary/aromatic N) is 1. The maximum atomic E-state index is 12.0. The van der Waals surface area contributed by atoms with E-state index in [2.05, 4.69) is 15.4 Å². The second-order valence-electron chi connectivity index (χ2n) is 5.29. The van der Waals surface area contributed by atoms with Crippen LogP contribution in [0.1, 0.15) is 6.42 Å². The van der Waals surface area contributed by atoms with Gasteiger partial charge < -0.3 is 15.7 Å². The first-order valence-electron chi connectivity index (χ1n) is 7.23. The summed E-state index contributed by atoms with van der Waals surface area (Å²) < 4.78 is 26.3. The molecule has 1 saturated heterocycles. The van der Waals surface area contributed by atoms with Gasteiger partial charge in [-0.05, 0) is 18.6 Å². The van der Waals surface area contributed by atoms with Crippen molar-refractivity contribution < 1.29 is 23.2 Å². The summed E-state index contributed by atoms with van der Waals surface area (Å²) >= 11 is 0. The van der Waals surface area contributed by atoms with Crippen molar-refractivity contribution in [3.63, 3.8) is 0 Å². The summed E-state index contributed by atoms with van der Waals surface area (Å²) in [5.74, 6) is -0.305. The zero-order chi connectivity index (χ0) is 17.7. The molecule has 25 heavy (non-hydrogen) atoms. The van der Waals surface area contributed by atoms with Crippen LogP contribution in [0, 0.1) is 10.1 Å². The highest BCUT2D eigenvalue weighted by Crippen LogP contribution is 2.15. The number of sulfonamides is 1. The molecule has 0 saturated carbocycles. The van der Waals surface area contributed by atoms with Gasteiger partial charge in [0.15, 0.2) is 0 Å². The molecule has 0 aliphatic carbocycles. The van der Waals surface area contributed by atoms with E-state index in [1.165, 1.54) is 0 Å². The van der Waals surface area contributed by atoms with Crippen molar-refractivity contribution in [2.75, 3.05) is 19.6 Å². The van der Waals surface area contributed by atoms with Gasteiger partial charge in [0, 0.05) is 31.8 Å². The van der Waals surface area contributed by atoms with E-state index in [1.807, 2.05) is 0 Å². The molecule has 1 aliphatic heterocycles. The molecule has 1 amide bonds. The summed E-state index contributed by atoms with van der Waals surface area (Å²) in [5.41, 5.74) is -0.201. The molecule has 1 fully saturated rings. The summed E-state index contributed by atoms with van der Waals surface area (Å²) in [5, 5.41) is 25.3. The first-order valence-corrected chi connectivity index (χ1v) is 8.71. The zero-order valence-electron chi connectivity index (χ0n) is 13.0. The van der Waals surface area contributed by atoms with E-state index in [0.717, 1.165) is 24.3 Å². The number of halogens is 1. The second kappa shape index (κ2) is 9.06. The maximum Gasteiger partial charge on any atom is 0.269 e. The average molecular weight is 395 g/mol. The molecule has 0 aromatic heterocycles. The first kappa shape index (κ1) is 21.3. The van der Waals surface area contributed by atoms with E-state index < -0.39 is 27.1 Å². The number of rotatable bonds is 7. The Morgan fingerprint density at radius 1 is 1.32 bits per heavy atom. The monoisotopic (exact) mass is 394 g/mol. The highest BCUT2D eigenvalue weighted by molar-refractivity contribution is 7.89. The van der Waals surface area contributed by atoms with Crippen LogP contribution in [0.25, 0.3) is 0 Å². The van der Waals surface area contributed by atoms with Crippen molar-refractivity contribution in [1.82, 2.24) is 15.4 Å². The van der Waals surface area contributed by atoms with Crippen LogP contribution < -0.4 is 15.4 Å². The third kappa shape index (κ3) is 5.90. The normalized spacial score (nSPS) is 19.9. The van der Waals surface area contributed by atoms with Crippen LogP contribution in [0.2, 0.25) is 0 Å². The van der Waals surface area contributed by atoms with E-state index in [-0.39, 0.29) is 42.0 Å². The minimum absolute atomic E-state index is 0. The van der Waals surface area contributed by atoms with Crippen LogP contribution in [0.4, 0.5) is 5.69 Å². The smallest absolute Gasteiger partial charge is 0.269 e. The highest BCUT2D eigenvalue weighted by Gasteiger charge is 2.27. The molecule has 2 rings (SSSR count). The largest absolute Gasteiger partial charge is 0.392 e. The van der Waals surface area contributed by atoms with Crippen molar-refractivity contribution >= 4 is 34.0 Å². The lowest BCUT2D eigenvalue weighted by molar-refractivity contribution is -0.384. The number of benzene rings is 1. The number of amides is 1. The van der Waals surface area contributed by atoms with Gasteiger partial charge in [-0.15, -0.1) is 12.4 Å². The number of non-ortho nitro benzene ring substituents is 1. The van der Waals surface area contributed by atoms with Crippen LogP contribution in [0.5, 0.6) is 0 Å². The minimum Gasteiger partial charge on any atom is -0.392 e. The number of β-amino-alcohol motifs (C(OH)–C–C–N with tert-alkyl or cyclic N) is 1. The molecule has 1 aromatic carbocycles. The van der Waals surface area contributed by atoms with Gasteiger partial charge in [-0.1, -0.05) is 0 Å². The number of nitro benzene ring substituents is 1. The fourth-order valence-corrected chi connectivity index (χ4v) is 3.27. The molecule has 0 bridgehead atoms. The van der Waals surface area contributed by atoms with Gasteiger partial charge in [0.2, 0.25) is 15.9 Å². The molecule has 10 nitrogen and oxygen atoms in total. The average Bonchev–Trinajstić information content (AvgIpc) is 2.98. The van der Waals surface area contributed by atoms with Crippen LogP contribution in [0.15, 0.2) is 29.2 Å². The van der Waals surface area contributed by atoms with Crippen molar-refractivity contribution in [3.05, 3.63) is 34.4 Å². The molecule has 0 radical (unpaired) electrons. The van der Waals surface area contributed by atoms with Gasteiger partial charge in [0.1, 0.15) is 0 Å². The Morgan fingerprint density at radius 3 is 2.48 bits per heavy atom. The zero-order valence-corrected chi connectivity index (χ0v) is 14.7. The predicted molar refractivity (Wildman–Crippen MR) is 91.0 cm³/mol. The minimum atomic E-state index is -3.81. The SMILES string of the molecule is Cl.O=C(NCCNS(=O)(=O)c1ccc([N+](=O)[O-])cc1)C1CC(O)CN1. The molecule has 4 N–H and O–H groups in total. The number of nitro groups is 1. The summed E-state index contributed by atoms with van der Waals surface area (Å²) in [7, 11) is -3.81. The van der Waals surface area contributed by atoms with Gasteiger partial charge in [-0.2, -0.15) is 0 Å². The highest BCUT2D eigenvalue weighted by atomic mass is 35.5. The van der Waals surface area contributed by atoms with Gasteiger partial charge in [0.05, 0.1) is 22.0 Å². The Balaban J connectivity index is 0.00000312. The van der Waals surface area contributed by atoms with Crippen LogP contribution in [0.3, 0.4) is 0 Å². The molecule has 1 aromatic rings.